The van der Waals surface area contributed by atoms with Crippen molar-refractivity contribution in [2.24, 2.45) is 0 Å². The summed E-state index contributed by atoms with van der Waals surface area (Å²) in [7, 11) is 0. The fourth-order valence-corrected chi connectivity index (χ4v) is 2.49. The van der Waals surface area contributed by atoms with Crippen LogP contribution in [-0.2, 0) is 17.9 Å². The van der Waals surface area contributed by atoms with Crippen LogP contribution in [0.4, 0.5) is 0 Å². The van der Waals surface area contributed by atoms with Crippen molar-refractivity contribution >= 4 is 0 Å². The van der Waals surface area contributed by atoms with E-state index in [0.717, 1.165) is 18.7 Å². The fourth-order valence-electron chi connectivity index (χ4n) is 2.49. The van der Waals surface area contributed by atoms with Crippen LogP contribution in [0.2, 0.25) is 0 Å². The van der Waals surface area contributed by atoms with Crippen LogP contribution >= 0.6 is 0 Å². The number of hydrogen-bond acceptors (Lipinski definition) is 4. The van der Waals surface area contributed by atoms with Crippen LogP contribution in [0.3, 0.4) is 0 Å². The number of ether oxygens (including phenoxy) is 1. The Bertz CT molecular complexity index is 527. The molecule has 0 saturated carbocycles. The van der Waals surface area contributed by atoms with E-state index in [0.29, 0.717) is 25.8 Å². The predicted octanol–water partition coefficient (Wildman–Crippen LogP) is 3.46. The largest absolute Gasteiger partial charge is 0.467 e. The topological polar surface area (TPSA) is 45.8 Å². The minimum atomic E-state index is -0.511. The lowest BCUT2D eigenvalue weighted by Crippen LogP contribution is -2.39. The van der Waals surface area contributed by atoms with Crippen LogP contribution in [-0.4, -0.2) is 35.3 Å². The van der Waals surface area contributed by atoms with Gasteiger partial charge in [0.15, 0.2) is 0 Å². The number of hydrogen-bond donors (Lipinski definition) is 1. The zero-order chi connectivity index (χ0) is 16.5. The highest BCUT2D eigenvalue weighted by atomic mass is 16.5. The average molecular weight is 317 g/mol. The molecule has 4 heteroatoms. The quantitative estimate of drug-likeness (QED) is 0.729. The van der Waals surface area contributed by atoms with Gasteiger partial charge in [-0.05, 0) is 31.0 Å². The number of furan rings is 1. The second-order valence-electron chi connectivity index (χ2n) is 5.92. The first-order chi connectivity index (χ1) is 11.2. The van der Waals surface area contributed by atoms with Crippen molar-refractivity contribution in [2.75, 3.05) is 13.2 Å². The molecule has 0 spiro atoms. The molecule has 2 atom stereocenters. The number of aliphatic hydroxyl groups excluding tert-OH is 1. The maximum Gasteiger partial charge on any atom is 0.129 e. The minimum Gasteiger partial charge on any atom is -0.467 e. The summed E-state index contributed by atoms with van der Waals surface area (Å²) in [5.41, 5.74) is 1.26. The Labute approximate surface area is 138 Å². The van der Waals surface area contributed by atoms with E-state index in [1.54, 1.807) is 6.26 Å². The molecule has 0 fully saturated rings. The van der Waals surface area contributed by atoms with E-state index in [2.05, 4.69) is 30.9 Å². The van der Waals surface area contributed by atoms with Gasteiger partial charge in [0.05, 0.1) is 19.0 Å². The standard InChI is InChI=1S/C19H27NO3/c1-3-16(2)20(12-17-8-5-4-6-9-17)13-18(21)14-22-15-19-10-7-11-23-19/h4-11,16,18,21H,3,12-15H2,1-2H3. The normalized spacial score (nSPS) is 14.1. The molecule has 1 heterocycles. The first kappa shape index (κ1) is 17.7. The molecule has 2 rings (SSSR count). The molecule has 2 unspecified atom stereocenters. The lowest BCUT2D eigenvalue weighted by molar-refractivity contribution is -0.00271. The van der Waals surface area contributed by atoms with Gasteiger partial charge in [-0.3, -0.25) is 4.90 Å². The molecule has 2 aromatic rings. The molecule has 0 bridgehead atoms. The third-order valence-corrected chi connectivity index (χ3v) is 4.02. The zero-order valence-corrected chi connectivity index (χ0v) is 14.0. The lowest BCUT2D eigenvalue weighted by Gasteiger charge is -2.30. The second kappa shape index (κ2) is 9.50. The summed E-state index contributed by atoms with van der Waals surface area (Å²) < 4.78 is 10.7. The summed E-state index contributed by atoms with van der Waals surface area (Å²) in [6.45, 7) is 6.50. The van der Waals surface area contributed by atoms with Gasteiger partial charge in [0.2, 0.25) is 0 Å². The Balaban J connectivity index is 1.81. The molecule has 126 valence electrons. The molecule has 0 saturated heterocycles. The molecule has 0 aliphatic carbocycles. The first-order valence-electron chi connectivity index (χ1n) is 8.25. The Hall–Kier alpha value is -1.62. The molecule has 0 aliphatic heterocycles. The molecule has 23 heavy (non-hydrogen) atoms. The van der Waals surface area contributed by atoms with Crippen LogP contribution in [0.15, 0.2) is 53.1 Å². The van der Waals surface area contributed by atoms with E-state index in [4.69, 9.17) is 9.15 Å². The van der Waals surface area contributed by atoms with Crippen molar-refractivity contribution in [3.05, 3.63) is 60.1 Å². The van der Waals surface area contributed by atoms with E-state index >= 15 is 0 Å². The van der Waals surface area contributed by atoms with E-state index in [9.17, 15) is 5.11 Å². The minimum absolute atomic E-state index is 0.308. The highest BCUT2D eigenvalue weighted by Gasteiger charge is 2.17. The van der Waals surface area contributed by atoms with Gasteiger partial charge in [0, 0.05) is 19.1 Å². The van der Waals surface area contributed by atoms with Crippen LogP contribution in [0.25, 0.3) is 0 Å². The summed E-state index contributed by atoms with van der Waals surface area (Å²) in [5, 5.41) is 10.3. The number of nitrogens with zero attached hydrogens (tertiary/aromatic N) is 1. The van der Waals surface area contributed by atoms with E-state index in [1.165, 1.54) is 5.56 Å². The molecule has 4 nitrogen and oxygen atoms in total. The van der Waals surface area contributed by atoms with E-state index in [-0.39, 0.29) is 0 Å². The average Bonchev–Trinajstić information content (AvgIpc) is 3.08. The van der Waals surface area contributed by atoms with Crippen molar-refractivity contribution < 1.29 is 14.3 Å². The predicted molar refractivity (Wildman–Crippen MR) is 91.0 cm³/mol. The van der Waals surface area contributed by atoms with Gasteiger partial charge in [-0.2, -0.15) is 0 Å². The molecule has 1 aromatic carbocycles. The van der Waals surface area contributed by atoms with Gasteiger partial charge in [0.25, 0.3) is 0 Å². The van der Waals surface area contributed by atoms with Crippen molar-refractivity contribution in [1.82, 2.24) is 4.90 Å². The monoisotopic (exact) mass is 317 g/mol. The van der Waals surface area contributed by atoms with Gasteiger partial charge in [0.1, 0.15) is 12.4 Å². The molecule has 1 aromatic heterocycles. The van der Waals surface area contributed by atoms with Crippen LogP contribution in [0, 0.1) is 0 Å². The molecular weight excluding hydrogens is 290 g/mol. The molecule has 0 aliphatic rings. The maximum absolute atomic E-state index is 10.3. The zero-order valence-electron chi connectivity index (χ0n) is 14.0. The summed E-state index contributed by atoms with van der Waals surface area (Å²) in [5.74, 6) is 0.778. The van der Waals surface area contributed by atoms with Crippen molar-refractivity contribution in [3.8, 4) is 0 Å². The third-order valence-electron chi connectivity index (χ3n) is 4.02. The summed E-state index contributed by atoms with van der Waals surface area (Å²) in [6, 6.07) is 14.5. The third kappa shape index (κ3) is 6.18. The second-order valence-corrected chi connectivity index (χ2v) is 5.92. The van der Waals surface area contributed by atoms with Gasteiger partial charge in [-0.1, -0.05) is 37.3 Å². The number of benzene rings is 1. The number of aliphatic hydroxyl groups is 1. The Morgan fingerprint density at radius 3 is 2.61 bits per heavy atom. The highest BCUT2D eigenvalue weighted by molar-refractivity contribution is 5.14. The molecule has 0 radical (unpaired) electrons. The summed E-state index contributed by atoms with van der Waals surface area (Å²) >= 11 is 0. The highest BCUT2D eigenvalue weighted by Crippen LogP contribution is 2.12. The van der Waals surface area contributed by atoms with Crippen molar-refractivity contribution in [1.29, 1.82) is 0 Å². The fraction of sp³-hybridized carbons (Fsp3) is 0.474. The first-order valence-corrected chi connectivity index (χ1v) is 8.25. The summed E-state index contributed by atoms with van der Waals surface area (Å²) in [4.78, 5) is 2.30. The Morgan fingerprint density at radius 1 is 1.17 bits per heavy atom. The Kier molecular flexibility index (Phi) is 7.33. The van der Waals surface area contributed by atoms with Crippen molar-refractivity contribution in [3.63, 3.8) is 0 Å². The molecule has 1 N–H and O–H groups in total. The van der Waals surface area contributed by atoms with E-state index < -0.39 is 6.10 Å². The number of rotatable bonds is 10. The van der Waals surface area contributed by atoms with Gasteiger partial charge < -0.3 is 14.3 Å². The van der Waals surface area contributed by atoms with Crippen LogP contribution < -0.4 is 0 Å². The van der Waals surface area contributed by atoms with Gasteiger partial charge >= 0.3 is 0 Å². The van der Waals surface area contributed by atoms with Crippen LogP contribution in [0.1, 0.15) is 31.6 Å². The van der Waals surface area contributed by atoms with Crippen LogP contribution in [0.5, 0.6) is 0 Å². The lowest BCUT2D eigenvalue weighted by atomic mass is 10.1. The van der Waals surface area contributed by atoms with Crippen molar-refractivity contribution in [2.45, 2.75) is 45.6 Å². The Morgan fingerprint density at radius 2 is 1.96 bits per heavy atom. The smallest absolute Gasteiger partial charge is 0.129 e. The maximum atomic E-state index is 10.3. The summed E-state index contributed by atoms with van der Waals surface area (Å²) in [6.07, 6.45) is 2.16. The molecule has 0 amide bonds. The SMILES string of the molecule is CCC(C)N(Cc1ccccc1)CC(O)COCc1ccco1. The van der Waals surface area contributed by atoms with Gasteiger partial charge in [-0.15, -0.1) is 0 Å². The van der Waals surface area contributed by atoms with Gasteiger partial charge in [-0.25, -0.2) is 0 Å². The molecular formula is C19H27NO3. The van der Waals surface area contributed by atoms with E-state index in [1.807, 2.05) is 30.3 Å².